The van der Waals surface area contributed by atoms with Crippen LogP contribution in [0.15, 0.2) is 0 Å². The lowest BCUT2D eigenvalue weighted by Gasteiger charge is -2.44. The van der Waals surface area contributed by atoms with Crippen LogP contribution in [0.1, 0.15) is 27.7 Å². The van der Waals surface area contributed by atoms with Crippen molar-refractivity contribution in [2.45, 2.75) is 58.3 Å². The van der Waals surface area contributed by atoms with Crippen LogP contribution in [0.25, 0.3) is 0 Å². The Hall–Kier alpha value is -2.40. The normalized spacial score (nSPS) is 23.2. The Kier molecular flexibility index (Phi) is 16.6. The molecule has 0 aromatic carbocycles. The fourth-order valence-electron chi connectivity index (χ4n) is 3.33. The summed E-state index contributed by atoms with van der Waals surface area (Å²) in [4.78, 5) is 46.8. The molecule has 37 heavy (non-hydrogen) atoms. The van der Waals surface area contributed by atoms with Crippen molar-refractivity contribution < 1.29 is 57.1 Å². The second kappa shape index (κ2) is 18.8. The number of amides is 1. The van der Waals surface area contributed by atoms with Crippen molar-refractivity contribution in [3.8, 4) is 0 Å². The molecule has 0 aromatic rings. The minimum Gasteiger partial charge on any atom is -0.463 e. The summed E-state index contributed by atoms with van der Waals surface area (Å²) in [6.07, 6.45) is -4.53. The second-order valence-corrected chi connectivity index (χ2v) is 7.88. The van der Waals surface area contributed by atoms with Gasteiger partial charge in [0.05, 0.1) is 46.2 Å². The number of ether oxygens (including phenoxy) is 8. The zero-order chi connectivity index (χ0) is 27.6. The molecule has 1 heterocycles. The van der Waals surface area contributed by atoms with Crippen LogP contribution < -0.4 is 16.6 Å². The molecule has 214 valence electrons. The van der Waals surface area contributed by atoms with E-state index in [2.05, 4.69) is 10.7 Å². The molecule has 15 heteroatoms. The number of hydrogen-bond donors (Lipinski definition) is 3. The summed E-state index contributed by atoms with van der Waals surface area (Å²) in [5, 5.41) is 2.62. The molecule has 5 unspecified atom stereocenters. The Balaban J connectivity index is 2.71. The quantitative estimate of drug-likeness (QED) is 0.0581. The first kappa shape index (κ1) is 32.6. The number of esters is 3. The van der Waals surface area contributed by atoms with Gasteiger partial charge in [0.2, 0.25) is 5.91 Å². The highest BCUT2D eigenvalue weighted by Gasteiger charge is 2.51. The molecule has 0 aliphatic carbocycles. The molecule has 5 atom stereocenters. The predicted octanol–water partition coefficient (Wildman–Crippen LogP) is -1.83. The number of nitrogens with two attached hydrogens (primary N) is 1. The maximum absolute atomic E-state index is 11.9. The van der Waals surface area contributed by atoms with Crippen molar-refractivity contribution in [1.29, 1.82) is 0 Å². The number of nitrogens with one attached hydrogen (secondary N) is 2. The lowest BCUT2D eigenvalue weighted by molar-refractivity contribution is -0.279. The van der Waals surface area contributed by atoms with Gasteiger partial charge in [-0.2, -0.15) is 0 Å². The van der Waals surface area contributed by atoms with Gasteiger partial charge in [0.25, 0.3) is 0 Å². The standard InChI is InChI=1S/C22H39N3O12/c1-14(26)25-19-21(36-17(4)29)20(35-16(3)28)18(13-34-15(2)27)37-22(19)33-12-11-32-10-9-31-8-7-30-6-5-24-23/h18-22,24H,5-13,23H2,1-4H3,(H,25,26). The number of carbonyl (C=O) groups is 4. The van der Waals surface area contributed by atoms with Crippen LogP contribution in [0.5, 0.6) is 0 Å². The first-order valence-electron chi connectivity index (χ1n) is 11.8. The largest absolute Gasteiger partial charge is 0.463 e. The number of rotatable bonds is 18. The third-order valence-corrected chi connectivity index (χ3v) is 4.72. The molecule has 0 bridgehead atoms. The second-order valence-electron chi connectivity index (χ2n) is 7.88. The van der Waals surface area contributed by atoms with Gasteiger partial charge in [-0.1, -0.05) is 0 Å². The lowest BCUT2D eigenvalue weighted by atomic mass is 9.96. The van der Waals surface area contributed by atoms with Gasteiger partial charge >= 0.3 is 17.9 Å². The maximum atomic E-state index is 11.9. The summed E-state index contributed by atoms with van der Waals surface area (Å²) >= 11 is 0. The zero-order valence-electron chi connectivity index (χ0n) is 21.7. The van der Waals surface area contributed by atoms with E-state index in [1.807, 2.05) is 0 Å². The van der Waals surface area contributed by atoms with Crippen molar-refractivity contribution in [2.24, 2.45) is 5.84 Å². The van der Waals surface area contributed by atoms with Gasteiger partial charge in [0, 0.05) is 34.2 Å². The van der Waals surface area contributed by atoms with Gasteiger partial charge in [-0.25, -0.2) is 0 Å². The van der Waals surface area contributed by atoms with Gasteiger partial charge < -0.3 is 43.2 Å². The summed E-state index contributed by atoms with van der Waals surface area (Å²) in [6, 6.07) is -1.03. The molecular formula is C22H39N3O12. The van der Waals surface area contributed by atoms with E-state index in [0.717, 1.165) is 6.92 Å². The van der Waals surface area contributed by atoms with Gasteiger partial charge in [0.15, 0.2) is 18.5 Å². The SMILES string of the molecule is CC(=O)NC1C(OCCOCCOCCOCCNN)OC(COC(C)=O)C(OC(C)=O)C1OC(C)=O. The van der Waals surface area contributed by atoms with Crippen LogP contribution in [0.2, 0.25) is 0 Å². The molecule has 1 aliphatic rings. The first-order valence-corrected chi connectivity index (χ1v) is 11.8. The van der Waals surface area contributed by atoms with E-state index in [-0.39, 0.29) is 19.8 Å². The highest BCUT2D eigenvalue weighted by molar-refractivity contribution is 5.73. The zero-order valence-corrected chi connectivity index (χ0v) is 21.7. The monoisotopic (exact) mass is 537 g/mol. The minimum absolute atomic E-state index is 0.0429. The molecule has 0 saturated carbocycles. The fourth-order valence-corrected chi connectivity index (χ4v) is 3.33. The molecule has 0 aromatic heterocycles. The van der Waals surface area contributed by atoms with Crippen LogP contribution >= 0.6 is 0 Å². The third-order valence-electron chi connectivity index (χ3n) is 4.72. The Morgan fingerprint density at radius 2 is 1.30 bits per heavy atom. The number of hydrogen-bond acceptors (Lipinski definition) is 14. The van der Waals surface area contributed by atoms with Crippen LogP contribution in [-0.2, 0) is 57.1 Å². The molecule has 15 nitrogen and oxygen atoms in total. The highest BCUT2D eigenvalue weighted by Crippen LogP contribution is 2.28. The van der Waals surface area contributed by atoms with Gasteiger partial charge in [-0.05, 0) is 0 Å². The van der Waals surface area contributed by atoms with Crippen molar-refractivity contribution in [1.82, 2.24) is 10.7 Å². The van der Waals surface area contributed by atoms with Crippen molar-refractivity contribution >= 4 is 23.8 Å². The van der Waals surface area contributed by atoms with Crippen LogP contribution in [-0.4, -0.2) is 114 Å². The molecular weight excluding hydrogens is 498 g/mol. The molecule has 1 aliphatic heterocycles. The minimum atomic E-state index is -1.18. The number of carbonyl (C=O) groups excluding carboxylic acids is 4. The van der Waals surface area contributed by atoms with Gasteiger partial charge in [0.1, 0.15) is 18.8 Å². The van der Waals surface area contributed by atoms with E-state index in [1.54, 1.807) is 0 Å². The summed E-state index contributed by atoms with van der Waals surface area (Å²) in [5.74, 6) is 2.71. The van der Waals surface area contributed by atoms with Crippen molar-refractivity contribution in [3.05, 3.63) is 0 Å². The maximum Gasteiger partial charge on any atom is 0.303 e. The van der Waals surface area contributed by atoms with E-state index in [4.69, 9.17) is 43.7 Å². The Morgan fingerprint density at radius 3 is 1.81 bits per heavy atom. The van der Waals surface area contributed by atoms with Gasteiger partial charge in [-0.15, -0.1) is 0 Å². The summed E-state index contributed by atoms with van der Waals surface area (Å²) in [6.45, 7) is 7.21. The van der Waals surface area contributed by atoms with Crippen LogP contribution in [0.3, 0.4) is 0 Å². The lowest BCUT2D eigenvalue weighted by Crippen LogP contribution is -2.66. The third kappa shape index (κ3) is 14.2. The Morgan fingerprint density at radius 1 is 0.757 bits per heavy atom. The molecule has 0 radical (unpaired) electrons. The molecule has 4 N–H and O–H groups in total. The summed E-state index contributed by atoms with van der Waals surface area (Å²) in [7, 11) is 0. The average molecular weight is 538 g/mol. The van der Waals surface area contributed by atoms with E-state index >= 15 is 0 Å². The van der Waals surface area contributed by atoms with Crippen molar-refractivity contribution in [3.63, 3.8) is 0 Å². The van der Waals surface area contributed by atoms with E-state index in [9.17, 15) is 19.2 Å². The molecule has 1 fully saturated rings. The summed E-state index contributed by atoms with van der Waals surface area (Å²) in [5.41, 5.74) is 2.48. The number of hydrazine groups is 1. The van der Waals surface area contributed by atoms with Crippen molar-refractivity contribution in [2.75, 3.05) is 59.4 Å². The first-order chi connectivity index (χ1) is 17.6. The topological polar surface area (TPSA) is 192 Å². The highest BCUT2D eigenvalue weighted by atomic mass is 16.7. The Bertz CT molecular complexity index is 710. The Labute approximate surface area is 215 Å². The molecule has 1 amide bonds. The molecule has 0 spiro atoms. The smallest absolute Gasteiger partial charge is 0.303 e. The van der Waals surface area contributed by atoms with Crippen LogP contribution in [0, 0.1) is 0 Å². The molecule has 1 rings (SSSR count). The van der Waals surface area contributed by atoms with Crippen LogP contribution in [0.4, 0.5) is 0 Å². The van der Waals surface area contributed by atoms with E-state index < -0.39 is 54.5 Å². The average Bonchev–Trinajstić information content (AvgIpc) is 2.81. The van der Waals surface area contributed by atoms with E-state index in [0.29, 0.717) is 39.6 Å². The molecule has 1 saturated heterocycles. The van der Waals surface area contributed by atoms with E-state index in [1.165, 1.54) is 20.8 Å². The predicted molar refractivity (Wildman–Crippen MR) is 125 cm³/mol. The fraction of sp³-hybridized carbons (Fsp3) is 0.818. The van der Waals surface area contributed by atoms with Gasteiger partial charge in [-0.3, -0.25) is 30.4 Å². The summed E-state index contributed by atoms with van der Waals surface area (Å²) < 4.78 is 43.5.